The molecule has 0 amide bonds. The molecule has 2 nitrogen and oxygen atoms in total. The van der Waals surface area contributed by atoms with E-state index in [1.54, 1.807) is 11.3 Å². The van der Waals surface area contributed by atoms with Gasteiger partial charge in [-0.3, -0.25) is 0 Å². The number of thiazole rings is 1. The zero-order valence-electron chi connectivity index (χ0n) is 9.56. The van der Waals surface area contributed by atoms with Crippen molar-refractivity contribution in [3.8, 4) is 0 Å². The molecule has 0 fully saturated rings. The molecular formula is C13H14BrNOS. The molecule has 1 aromatic carbocycles. The molecule has 0 aliphatic rings. The van der Waals surface area contributed by atoms with Crippen LogP contribution in [-0.4, -0.2) is 16.7 Å². The van der Waals surface area contributed by atoms with Gasteiger partial charge in [0.15, 0.2) is 0 Å². The monoisotopic (exact) mass is 311 g/mol. The lowest BCUT2D eigenvalue weighted by atomic mass is 9.97. The first kappa shape index (κ1) is 12.7. The molecule has 0 bridgehead atoms. The summed E-state index contributed by atoms with van der Waals surface area (Å²) in [6.45, 7) is 2.13. The molecular weight excluding hydrogens is 298 g/mol. The Morgan fingerprint density at radius 2 is 2.18 bits per heavy atom. The van der Waals surface area contributed by atoms with Crippen molar-refractivity contribution < 1.29 is 5.11 Å². The maximum atomic E-state index is 9.53. The second kappa shape index (κ2) is 5.76. The Morgan fingerprint density at radius 3 is 2.76 bits per heavy atom. The molecule has 0 radical (unpaired) electrons. The molecule has 0 spiro atoms. The first-order chi connectivity index (χ1) is 8.20. The van der Waals surface area contributed by atoms with Gasteiger partial charge in [-0.05, 0) is 18.6 Å². The van der Waals surface area contributed by atoms with Crippen LogP contribution in [0.1, 0.15) is 22.2 Å². The highest BCUT2D eigenvalue weighted by atomic mass is 79.9. The zero-order chi connectivity index (χ0) is 12.3. The second-order valence-corrected chi connectivity index (χ2v) is 5.78. The van der Waals surface area contributed by atoms with Gasteiger partial charge in [0.25, 0.3) is 0 Å². The first-order valence-corrected chi connectivity index (χ1v) is 7.14. The molecule has 0 aliphatic carbocycles. The Balaban J connectivity index is 2.20. The number of aromatic nitrogens is 1. The third-order valence-corrected chi connectivity index (χ3v) is 4.36. The Labute approximate surface area is 113 Å². The fourth-order valence-electron chi connectivity index (χ4n) is 1.79. The standard InChI is InChI=1S/C13H14BrNOS/c1-9-8-17-13(15-9)6-10(7-16)11-4-2-3-5-12(11)14/h2-5,8,10,16H,6-7H2,1H3. The average molecular weight is 312 g/mol. The second-order valence-electron chi connectivity index (χ2n) is 3.99. The number of aliphatic hydroxyl groups is 1. The van der Waals surface area contributed by atoms with Crippen molar-refractivity contribution in [3.63, 3.8) is 0 Å². The predicted octanol–water partition coefficient (Wildman–Crippen LogP) is 3.53. The lowest BCUT2D eigenvalue weighted by molar-refractivity contribution is 0.264. The van der Waals surface area contributed by atoms with Crippen LogP contribution in [0.4, 0.5) is 0 Å². The van der Waals surface area contributed by atoms with Crippen LogP contribution in [0.2, 0.25) is 0 Å². The number of benzene rings is 1. The van der Waals surface area contributed by atoms with Crippen LogP contribution in [0, 0.1) is 6.92 Å². The van der Waals surface area contributed by atoms with E-state index < -0.39 is 0 Å². The van der Waals surface area contributed by atoms with Gasteiger partial charge in [-0.25, -0.2) is 4.98 Å². The minimum atomic E-state index is 0.108. The summed E-state index contributed by atoms with van der Waals surface area (Å²) < 4.78 is 1.05. The van der Waals surface area contributed by atoms with Gasteiger partial charge in [0.1, 0.15) is 0 Å². The third-order valence-electron chi connectivity index (χ3n) is 2.65. The van der Waals surface area contributed by atoms with Gasteiger partial charge >= 0.3 is 0 Å². The molecule has 1 unspecified atom stereocenters. The molecule has 90 valence electrons. The van der Waals surface area contributed by atoms with Crippen LogP contribution in [0.3, 0.4) is 0 Å². The molecule has 0 saturated heterocycles. The van der Waals surface area contributed by atoms with Crippen LogP contribution in [0.25, 0.3) is 0 Å². The van der Waals surface area contributed by atoms with Crippen LogP contribution in [0.5, 0.6) is 0 Å². The highest BCUT2D eigenvalue weighted by molar-refractivity contribution is 9.10. The van der Waals surface area contributed by atoms with Crippen molar-refractivity contribution in [1.82, 2.24) is 4.98 Å². The summed E-state index contributed by atoms with van der Waals surface area (Å²) in [6.07, 6.45) is 0.789. The van der Waals surface area contributed by atoms with Gasteiger partial charge in [-0.15, -0.1) is 11.3 Å². The number of nitrogens with zero attached hydrogens (tertiary/aromatic N) is 1. The Morgan fingerprint density at radius 1 is 1.41 bits per heavy atom. The summed E-state index contributed by atoms with van der Waals surface area (Å²) in [7, 11) is 0. The van der Waals surface area contributed by atoms with Crippen LogP contribution in [0.15, 0.2) is 34.1 Å². The molecule has 1 atom stereocenters. The lowest BCUT2D eigenvalue weighted by Gasteiger charge is -2.14. The Hall–Kier alpha value is -0.710. The van der Waals surface area contributed by atoms with Crippen molar-refractivity contribution in [2.75, 3.05) is 6.61 Å². The third kappa shape index (κ3) is 3.15. The Kier molecular flexibility index (Phi) is 4.31. The quantitative estimate of drug-likeness (QED) is 0.937. The molecule has 1 heterocycles. The summed E-state index contributed by atoms with van der Waals surface area (Å²) in [5.41, 5.74) is 2.19. The smallest absolute Gasteiger partial charge is 0.0935 e. The van der Waals surface area contributed by atoms with E-state index in [4.69, 9.17) is 0 Å². The van der Waals surface area contributed by atoms with Gasteiger partial charge in [0.2, 0.25) is 0 Å². The maximum Gasteiger partial charge on any atom is 0.0935 e. The van der Waals surface area contributed by atoms with Crippen LogP contribution >= 0.6 is 27.3 Å². The van der Waals surface area contributed by atoms with E-state index in [2.05, 4.69) is 20.9 Å². The van der Waals surface area contributed by atoms with Gasteiger partial charge in [0, 0.05) is 27.9 Å². The molecule has 0 saturated carbocycles. The van der Waals surface area contributed by atoms with E-state index in [0.29, 0.717) is 0 Å². The lowest BCUT2D eigenvalue weighted by Crippen LogP contribution is -2.08. The van der Waals surface area contributed by atoms with E-state index in [9.17, 15) is 5.11 Å². The number of hydrogen-bond donors (Lipinski definition) is 1. The fourth-order valence-corrected chi connectivity index (χ4v) is 3.25. The van der Waals surface area contributed by atoms with E-state index in [1.165, 1.54) is 0 Å². The van der Waals surface area contributed by atoms with Crippen molar-refractivity contribution in [1.29, 1.82) is 0 Å². The molecule has 1 aromatic heterocycles. The number of halogens is 1. The van der Waals surface area contributed by atoms with Crippen LogP contribution in [-0.2, 0) is 6.42 Å². The maximum absolute atomic E-state index is 9.53. The first-order valence-electron chi connectivity index (χ1n) is 5.47. The minimum absolute atomic E-state index is 0.108. The largest absolute Gasteiger partial charge is 0.396 e. The molecule has 2 aromatic rings. The number of hydrogen-bond acceptors (Lipinski definition) is 3. The van der Waals surface area contributed by atoms with Crippen molar-refractivity contribution in [2.45, 2.75) is 19.3 Å². The SMILES string of the molecule is Cc1csc(CC(CO)c2ccccc2Br)n1. The van der Waals surface area contributed by atoms with Crippen LogP contribution < -0.4 is 0 Å². The molecule has 4 heteroatoms. The summed E-state index contributed by atoms with van der Waals surface area (Å²) >= 11 is 5.18. The normalized spacial score (nSPS) is 12.6. The number of rotatable bonds is 4. The minimum Gasteiger partial charge on any atom is -0.396 e. The molecule has 0 aliphatic heterocycles. The molecule has 2 rings (SSSR count). The average Bonchev–Trinajstić information content (AvgIpc) is 2.73. The van der Waals surface area contributed by atoms with E-state index in [0.717, 1.165) is 27.2 Å². The van der Waals surface area contributed by atoms with Gasteiger partial charge in [-0.2, -0.15) is 0 Å². The highest BCUT2D eigenvalue weighted by Gasteiger charge is 2.15. The predicted molar refractivity (Wildman–Crippen MR) is 74.5 cm³/mol. The topological polar surface area (TPSA) is 33.1 Å². The summed E-state index contributed by atoms with van der Waals surface area (Å²) in [5, 5.41) is 12.7. The molecule has 17 heavy (non-hydrogen) atoms. The Bertz CT molecular complexity index is 498. The summed E-state index contributed by atoms with van der Waals surface area (Å²) in [5.74, 6) is 0.108. The van der Waals surface area contributed by atoms with E-state index in [-0.39, 0.29) is 12.5 Å². The van der Waals surface area contributed by atoms with Crippen molar-refractivity contribution in [3.05, 3.63) is 50.4 Å². The number of aliphatic hydroxyl groups excluding tert-OH is 1. The van der Waals surface area contributed by atoms with E-state index >= 15 is 0 Å². The fraction of sp³-hybridized carbons (Fsp3) is 0.308. The van der Waals surface area contributed by atoms with Gasteiger partial charge in [-0.1, -0.05) is 34.1 Å². The van der Waals surface area contributed by atoms with Crippen molar-refractivity contribution in [2.24, 2.45) is 0 Å². The van der Waals surface area contributed by atoms with Crippen molar-refractivity contribution >= 4 is 27.3 Å². The molecule has 1 N–H and O–H groups in total. The highest BCUT2D eigenvalue weighted by Crippen LogP contribution is 2.28. The van der Waals surface area contributed by atoms with E-state index in [1.807, 2.05) is 36.6 Å². The van der Waals surface area contributed by atoms with Gasteiger partial charge < -0.3 is 5.11 Å². The number of aryl methyl sites for hydroxylation is 1. The zero-order valence-corrected chi connectivity index (χ0v) is 12.0. The van der Waals surface area contributed by atoms with Gasteiger partial charge in [0.05, 0.1) is 11.6 Å². The summed E-state index contributed by atoms with van der Waals surface area (Å²) in [4.78, 5) is 4.45. The summed E-state index contributed by atoms with van der Waals surface area (Å²) in [6, 6.07) is 8.03.